The first-order chi connectivity index (χ1) is 6.98. The molecule has 80 valence electrons. The number of fused-ring (bicyclic) bond motifs is 1. The van der Waals surface area contributed by atoms with Gasteiger partial charge in [-0.2, -0.15) is 13.2 Å². The lowest BCUT2D eigenvalue weighted by atomic mass is 10.1. The Hall–Kier alpha value is -1.49. The number of nitrogens with one attached hydrogen (secondary N) is 1. The van der Waals surface area contributed by atoms with E-state index in [-0.39, 0.29) is 5.56 Å². The van der Waals surface area contributed by atoms with Crippen LogP contribution in [0.2, 0.25) is 0 Å². The number of aromatic amines is 1. The number of rotatable bonds is 1. The molecule has 0 fully saturated rings. The van der Waals surface area contributed by atoms with Gasteiger partial charge in [0.15, 0.2) is 6.10 Å². The van der Waals surface area contributed by atoms with Crippen LogP contribution in [0, 0.1) is 0 Å². The van der Waals surface area contributed by atoms with Gasteiger partial charge < -0.3 is 10.1 Å². The van der Waals surface area contributed by atoms with Crippen molar-refractivity contribution < 1.29 is 18.3 Å². The zero-order chi connectivity index (χ0) is 11.1. The highest BCUT2D eigenvalue weighted by Gasteiger charge is 2.39. The van der Waals surface area contributed by atoms with E-state index in [0.717, 1.165) is 5.39 Å². The number of hydrogen-bond acceptors (Lipinski definition) is 1. The molecule has 1 aromatic heterocycles. The van der Waals surface area contributed by atoms with Crippen molar-refractivity contribution >= 4 is 10.9 Å². The van der Waals surface area contributed by atoms with E-state index in [1.165, 1.54) is 18.2 Å². The number of H-pyrrole nitrogens is 1. The molecular weight excluding hydrogens is 207 g/mol. The highest BCUT2D eigenvalue weighted by molar-refractivity contribution is 5.79. The Morgan fingerprint density at radius 2 is 1.93 bits per heavy atom. The molecule has 0 aliphatic rings. The summed E-state index contributed by atoms with van der Waals surface area (Å²) in [5, 5.41) is 9.83. The number of halogens is 3. The first-order valence-electron chi connectivity index (χ1n) is 4.30. The Kier molecular flexibility index (Phi) is 2.19. The van der Waals surface area contributed by atoms with Crippen molar-refractivity contribution in [2.24, 2.45) is 0 Å². The summed E-state index contributed by atoms with van der Waals surface area (Å²) < 4.78 is 36.6. The molecule has 0 bridgehead atoms. The number of aliphatic hydroxyl groups excluding tert-OH is 1. The highest BCUT2D eigenvalue weighted by Crippen LogP contribution is 2.33. The van der Waals surface area contributed by atoms with Gasteiger partial charge in [0.2, 0.25) is 0 Å². The second-order valence-electron chi connectivity index (χ2n) is 3.27. The van der Waals surface area contributed by atoms with Gasteiger partial charge in [-0.05, 0) is 23.1 Å². The molecule has 5 heteroatoms. The molecule has 0 spiro atoms. The predicted octanol–water partition coefficient (Wildman–Crippen LogP) is 2.76. The second-order valence-corrected chi connectivity index (χ2v) is 3.27. The Balaban J connectivity index is 2.44. The summed E-state index contributed by atoms with van der Waals surface area (Å²) in [6.07, 6.45) is -5.42. The Bertz CT molecular complexity index is 475. The zero-order valence-corrected chi connectivity index (χ0v) is 7.55. The van der Waals surface area contributed by atoms with Crippen LogP contribution in [0.5, 0.6) is 0 Å². The lowest BCUT2D eigenvalue weighted by molar-refractivity contribution is -0.206. The summed E-state index contributed by atoms with van der Waals surface area (Å²) in [4.78, 5) is 2.79. The van der Waals surface area contributed by atoms with Gasteiger partial charge in [-0.15, -0.1) is 0 Å². The Labute approximate surface area is 83.3 Å². The molecule has 2 aromatic rings. The van der Waals surface area contributed by atoms with Crippen molar-refractivity contribution in [3.63, 3.8) is 0 Å². The molecule has 1 heterocycles. The van der Waals surface area contributed by atoms with Gasteiger partial charge in [0.25, 0.3) is 0 Å². The third-order valence-corrected chi connectivity index (χ3v) is 2.20. The number of aromatic nitrogens is 1. The maximum atomic E-state index is 12.2. The molecular formula is C10H8F3NO. The lowest BCUT2D eigenvalue weighted by Gasteiger charge is -2.14. The molecule has 1 aromatic carbocycles. The van der Waals surface area contributed by atoms with Gasteiger partial charge in [-0.1, -0.05) is 12.1 Å². The molecule has 0 amide bonds. The third-order valence-electron chi connectivity index (χ3n) is 2.20. The number of alkyl halides is 3. The minimum Gasteiger partial charge on any atom is -0.379 e. The SMILES string of the molecule is O[C@@H](c1ccc2cc[nH]c2c1)C(F)(F)F. The number of aliphatic hydroxyl groups is 1. The quantitative estimate of drug-likeness (QED) is 0.753. The number of hydrogen-bond donors (Lipinski definition) is 2. The minimum atomic E-state index is -4.62. The largest absolute Gasteiger partial charge is 0.418 e. The lowest BCUT2D eigenvalue weighted by Crippen LogP contribution is -2.20. The fourth-order valence-corrected chi connectivity index (χ4v) is 1.42. The highest BCUT2D eigenvalue weighted by atomic mass is 19.4. The fourth-order valence-electron chi connectivity index (χ4n) is 1.42. The molecule has 1 atom stereocenters. The maximum absolute atomic E-state index is 12.2. The molecule has 2 nitrogen and oxygen atoms in total. The Morgan fingerprint density at radius 3 is 2.60 bits per heavy atom. The summed E-state index contributed by atoms with van der Waals surface area (Å²) in [6.45, 7) is 0. The van der Waals surface area contributed by atoms with E-state index in [9.17, 15) is 13.2 Å². The molecule has 15 heavy (non-hydrogen) atoms. The molecule has 0 saturated heterocycles. The monoisotopic (exact) mass is 215 g/mol. The maximum Gasteiger partial charge on any atom is 0.418 e. The average Bonchev–Trinajstić information content (AvgIpc) is 2.61. The van der Waals surface area contributed by atoms with Crippen LogP contribution in [0.25, 0.3) is 10.9 Å². The van der Waals surface area contributed by atoms with Crippen LogP contribution in [0.1, 0.15) is 11.7 Å². The van der Waals surface area contributed by atoms with Crippen molar-refractivity contribution in [1.82, 2.24) is 4.98 Å². The van der Waals surface area contributed by atoms with E-state index >= 15 is 0 Å². The summed E-state index contributed by atoms with van der Waals surface area (Å²) in [6, 6.07) is 5.86. The first kappa shape index (κ1) is 10.0. The molecule has 0 unspecified atom stereocenters. The third kappa shape index (κ3) is 1.83. The minimum absolute atomic E-state index is 0.155. The molecule has 0 aliphatic carbocycles. The van der Waals surface area contributed by atoms with E-state index < -0.39 is 12.3 Å². The predicted molar refractivity (Wildman–Crippen MR) is 49.3 cm³/mol. The molecule has 0 radical (unpaired) electrons. The van der Waals surface area contributed by atoms with E-state index in [2.05, 4.69) is 4.98 Å². The molecule has 0 aliphatic heterocycles. The van der Waals surface area contributed by atoms with Gasteiger partial charge in [-0.25, -0.2) is 0 Å². The van der Waals surface area contributed by atoms with E-state index in [0.29, 0.717) is 5.52 Å². The van der Waals surface area contributed by atoms with Crippen LogP contribution >= 0.6 is 0 Å². The van der Waals surface area contributed by atoms with Crippen molar-refractivity contribution in [2.75, 3.05) is 0 Å². The van der Waals surface area contributed by atoms with Crippen LogP contribution < -0.4 is 0 Å². The van der Waals surface area contributed by atoms with Crippen LogP contribution in [0.4, 0.5) is 13.2 Å². The van der Waals surface area contributed by atoms with Crippen molar-refractivity contribution in [1.29, 1.82) is 0 Å². The van der Waals surface area contributed by atoms with E-state index in [1.807, 2.05) is 0 Å². The fraction of sp³-hybridized carbons (Fsp3) is 0.200. The summed E-state index contributed by atoms with van der Waals surface area (Å²) in [7, 11) is 0. The van der Waals surface area contributed by atoms with Gasteiger partial charge in [0.1, 0.15) is 0 Å². The van der Waals surface area contributed by atoms with Gasteiger partial charge in [0.05, 0.1) is 0 Å². The first-order valence-corrected chi connectivity index (χ1v) is 4.30. The van der Waals surface area contributed by atoms with Crippen molar-refractivity contribution in [2.45, 2.75) is 12.3 Å². The molecule has 2 rings (SSSR count). The standard InChI is InChI=1S/C10H8F3NO/c11-10(12,13)9(15)7-2-1-6-3-4-14-8(6)5-7/h1-5,9,14-15H/t9-/m0/s1. The average molecular weight is 215 g/mol. The van der Waals surface area contributed by atoms with Gasteiger partial charge in [-0.3, -0.25) is 0 Å². The summed E-state index contributed by atoms with van der Waals surface area (Å²) >= 11 is 0. The van der Waals surface area contributed by atoms with Crippen LogP contribution in [0.15, 0.2) is 30.5 Å². The van der Waals surface area contributed by atoms with Crippen LogP contribution in [-0.4, -0.2) is 16.3 Å². The summed E-state index contributed by atoms with van der Waals surface area (Å²) in [5.41, 5.74) is 0.424. The smallest absolute Gasteiger partial charge is 0.379 e. The van der Waals surface area contributed by atoms with Gasteiger partial charge in [0, 0.05) is 11.7 Å². The molecule has 0 saturated carbocycles. The normalized spacial score (nSPS) is 14.4. The second kappa shape index (κ2) is 3.27. The van der Waals surface area contributed by atoms with E-state index in [1.54, 1.807) is 12.3 Å². The Morgan fingerprint density at radius 1 is 1.20 bits per heavy atom. The van der Waals surface area contributed by atoms with Gasteiger partial charge >= 0.3 is 6.18 Å². The van der Waals surface area contributed by atoms with Crippen LogP contribution in [-0.2, 0) is 0 Å². The van der Waals surface area contributed by atoms with Crippen molar-refractivity contribution in [3.8, 4) is 0 Å². The van der Waals surface area contributed by atoms with Crippen LogP contribution in [0.3, 0.4) is 0 Å². The number of benzene rings is 1. The topological polar surface area (TPSA) is 36.0 Å². The molecule has 2 N–H and O–H groups in total. The zero-order valence-electron chi connectivity index (χ0n) is 7.55. The summed E-state index contributed by atoms with van der Waals surface area (Å²) in [5.74, 6) is 0. The van der Waals surface area contributed by atoms with Crippen molar-refractivity contribution in [3.05, 3.63) is 36.0 Å². The van der Waals surface area contributed by atoms with E-state index in [4.69, 9.17) is 5.11 Å².